The van der Waals surface area contributed by atoms with Crippen LogP contribution in [0.2, 0.25) is 0 Å². The number of nitrogens with zero attached hydrogens (tertiary/aromatic N) is 2. The number of aliphatic hydroxyl groups excluding tert-OH is 1. The second-order valence-electron chi connectivity index (χ2n) is 6.09. The molecule has 2 aromatic rings. The van der Waals surface area contributed by atoms with E-state index in [1.165, 1.54) is 48.2 Å². The summed E-state index contributed by atoms with van der Waals surface area (Å²) in [6.45, 7) is 2.64. The Hall–Kier alpha value is -1.52. The number of hydrogen-bond donors (Lipinski definition) is 2. The van der Waals surface area contributed by atoms with Crippen molar-refractivity contribution >= 4 is 16.7 Å². The molecular formula is C16H21N3O. The standard InChI is InChI=1S/C16H21N3O/c1-18-13-3-2-11(14(20)9-17)8-12(13)15-10-4-6-19(7-5-10)16(15)18/h2-3,8,10,14,20H,4-7,9,17H2,1H3. The minimum atomic E-state index is -0.559. The van der Waals surface area contributed by atoms with Gasteiger partial charge in [-0.3, -0.25) is 0 Å². The lowest BCUT2D eigenvalue weighted by Crippen LogP contribution is -2.39. The van der Waals surface area contributed by atoms with E-state index in [4.69, 9.17) is 5.73 Å². The average Bonchev–Trinajstić information content (AvgIpc) is 2.83. The first-order valence-electron chi connectivity index (χ1n) is 7.46. The van der Waals surface area contributed by atoms with Gasteiger partial charge in [-0.15, -0.1) is 0 Å². The fourth-order valence-corrected chi connectivity index (χ4v) is 3.99. The maximum Gasteiger partial charge on any atom is 0.112 e. The van der Waals surface area contributed by atoms with E-state index in [0.29, 0.717) is 5.92 Å². The maximum atomic E-state index is 9.99. The lowest BCUT2D eigenvalue weighted by atomic mass is 9.84. The van der Waals surface area contributed by atoms with Crippen LogP contribution in [0.25, 0.3) is 10.9 Å². The summed E-state index contributed by atoms with van der Waals surface area (Å²) >= 11 is 0. The molecule has 1 saturated heterocycles. The summed E-state index contributed by atoms with van der Waals surface area (Å²) in [7, 11) is 2.15. The molecule has 1 aromatic heterocycles. The molecule has 106 valence electrons. The monoisotopic (exact) mass is 271 g/mol. The summed E-state index contributed by atoms with van der Waals surface area (Å²) in [5.41, 5.74) is 9.28. The third-order valence-corrected chi connectivity index (χ3v) is 5.04. The van der Waals surface area contributed by atoms with E-state index in [0.717, 1.165) is 5.56 Å². The van der Waals surface area contributed by atoms with Crippen molar-refractivity contribution < 1.29 is 5.11 Å². The average molecular weight is 271 g/mol. The first-order chi connectivity index (χ1) is 9.70. The minimum absolute atomic E-state index is 0.274. The molecule has 0 radical (unpaired) electrons. The van der Waals surface area contributed by atoms with Gasteiger partial charge >= 0.3 is 0 Å². The van der Waals surface area contributed by atoms with Crippen molar-refractivity contribution in [3.8, 4) is 0 Å². The van der Waals surface area contributed by atoms with Gasteiger partial charge in [0.05, 0.1) is 6.10 Å². The SMILES string of the molecule is Cn1c2c(c3cc(C(O)CN)ccc31)C1CCN2CC1. The largest absolute Gasteiger partial charge is 0.387 e. The van der Waals surface area contributed by atoms with Gasteiger partial charge in [-0.1, -0.05) is 6.07 Å². The van der Waals surface area contributed by atoms with Gasteiger partial charge in [0, 0.05) is 43.1 Å². The number of piperidine rings is 1. The topological polar surface area (TPSA) is 54.4 Å². The Kier molecular flexibility index (Phi) is 2.59. The quantitative estimate of drug-likeness (QED) is 0.876. The minimum Gasteiger partial charge on any atom is -0.387 e. The Balaban J connectivity index is 1.98. The highest BCUT2D eigenvalue weighted by atomic mass is 16.3. The van der Waals surface area contributed by atoms with Gasteiger partial charge in [0.25, 0.3) is 0 Å². The van der Waals surface area contributed by atoms with E-state index in [-0.39, 0.29) is 6.54 Å². The van der Waals surface area contributed by atoms with E-state index in [2.05, 4.69) is 28.6 Å². The lowest BCUT2D eigenvalue weighted by Gasteiger charge is -2.41. The molecule has 1 unspecified atom stereocenters. The van der Waals surface area contributed by atoms with Gasteiger partial charge in [0.1, 0.15) is 5.82 Å². The predicted octanol–water partition coefficient (Wildman–Crippen LogP) is 1.87. The van der Waals surface area contributed by atoms with Gasteiger partial charge in [0.2, 0.25) is 0 Å². The number of aromatic nitrogens is 1. The van der Waals surface area contributed by atoms with Crippen LogP contribution in [0.3, 0.4) is 0 Å². The Morgan fingerprint density at radius 1 is 1.35 bits per heavy atom. The molecule has 1 atom stereocenters. The van der Waals surface area contributed by atoms with Crippen molar-refractivity contribution in [3.05, 3.63) is 29.3 Å². The number of benzene rings is 1. The molecule has 2 bridgehead atoms. The van der Waals surface area contributed by atoms with E-state index in [1.54, 1.807) is 0 Å². The Morgan fingerprint density at radius 2 is 2.10 bits per heavy atom. The van der Waals surface area contributed by atoms with Crippen molar-refractivity contribution in [1.82, 2.24) is 4.57 Å². The summed E-state index contributed by atoms with van der Waals surface area (Å²) in [4.78, 5) is 2.51. The van der Waals surface area contributed by atoms with Crippen LogP contribution in [0, 0.1) is 0 Å². The number of nitrogens with two attached hydrogens (primary N) is 1. The maximum absolute atomic E-state index is 9.99. The summed E-state index contributed by atoms with van der Waals surface area (Å²) in [5.74, 6) is 2.07. The summed E-state index contributed by atoms with van der Waals surface area (Å²) < 4.78 is 2.31. The van der Waals surface area contributed by atoms with Crippen molar-refractivity contribution in [2.45, 2.75) is 24.9 Å². The Bertz CT molecular complexity index is 668. The third kappa shape index (κ3) is 1.49. The lowest BCUT2D eigenvalue weighted by molar-refractivity contribution is 0.187. The predicted molar refractivity (Wildman–Crippen MR) is 81.1 cm³/mol. The first kappa shape index (κ1) is 12.2. The van der Waals surface area contributed by atoms with Crippen LogP contribution < -0.4 is 10.6 Å². The van der Waals surface area contributed by atoms with Crippen LogP contribution in [0.15, 0.2) is 18.2 Å². The summed E-state index contributed by atoms with van der Waals surface area (Å²) in [6.07, 6.45) is 1.96. The van der Waals surface area contributed by atoms with Crippen molar-refractivity contribution in [1.29, 1.82) is 0 Å². The van der Waals surface area contributed by atoms with Crippen LogP contribution in [0.4, 0.5) is 5.82 Å². The van der Waals surface area contributed by atoms with E-state index < -0.39 is 6.10 Å². The molecule has 1 aromatic carbocycles. The smallest absolute Gasteiger partial charge is 0.112 e. The molecule has 4 heteroatoms. The van der Waals surface area contributed by atoms with Gasteiger partial charge in [0.15, 0.2) is 0 Å². The molecule has 3 N–H and O–H groups in total. The van der Waals surface area contributed by atoms with Gasteiger partial charge in [-0.25, -0.2) is 0 Å². The molecule has 3 aliphatic rings. The molecular weight excluding hydrogens is 250 g/mol. The third-order valence-electron chi connectivity index (χ3n) is 5.04. The zero-order valence-electron chi connectivity index (χ0n) is 11.8. The zero-order valence-corrected chi connectivity index (χ0v) is 11.8. The molecule has 5 rings (SSSR count). The highest BCUT2D eigenvalue weighted by molar-refractivity contribution is 5.92. The first-order valence-corrected chi connectivity index (χ1v) is 7.46. The fourth-order valence-electron chi connectivity index (χ4n) is 3.99. The zero-order chi connectivity index (χ0) is 13.9. The van der Waals surface area contributed by atoms with Crippen molar-refractivity contribution in [2.75, 3.05) is 24.5 Å². The fraction of sp³-hybridized carbons (Fsp3) is 0.500. The number of hydrogen-bond acceptors (Lipinski definition) is 3. The Morgan fingerprint density at radius 3 is 2.80 bits per heavy atom. The Labute approximate surface area is 118 Å². The van der Waals surface area contributed by atoms with Crippen molar-refractivity contribution in [3.63, 3.8) is 0 Å². The highest BCUT2D eigenvalue weighted by Gasteiger charge is 2.35. The van der Waals surface area contributed by atoms with Crippen LogP contribution in [-0.4, -0.2) is 29.3 Å². The van der Waals surface area contributed by atoms with Crippen molar-refractivity contribution in [2.24, 2.45) is 12.8 Å². The molecule has 0 spiro atoms. The molecule has 3 aliphatic heterocycles. The second kappa shape index (κ2) is 4.24. The van der Waals surface area contributed by atoms with Gasteiger partial charge in [-0.2, -0.15) is 0 Å². The van der Waals surface area contributed by atoms with Crippen LogP contribution in [0.1, 0.15) is 36.0 Å². The molecule has 0 aliphatic carbocycles. The molecule has 4 nitrogen and oxygen atoms in total. The summed E-state index contributed by atoms with van der Waals surface area (Å²) in [5, 5.41) is 11.3. The van der Waals surface area contributed by atoms with Crippen LogP contribution in [0.5, 0.6) is 0 Å². The van der Waals surface area contributed by atoms with E-state index >= 15 is 0 Å². The second-order valence-corrected chi connectivity index (χ2v) is 6.09. The number of aryl methyl sites for hydroxylation is 1. The van der Waals surface area contributed by atoms with Gasteiger partial charge < -0.3 is 20.3 Å². The van der Waals surface area contributed by atoms with E-state index in [9.17, 15) is 5.11 Å². The van der Waals surface area contributed by atoms with E-state index in [1.807, 2.05) is 6.07 Å². The molecule has 20 heavy (non-hydrogen) atoms. The molecule has 0 saturated carbocycles. The summed E-state index contributed by atoms with van der Waals surface area (Å²) in [6, 6.07) is 6.28. The van der Waals surface area contributed by atoms with Gasteiger partial charge in [-0.05, 0) is 36.5 Å². The normalized spacial score (nSPS) is 19.6. The molecule has 4 heterocycles. The number of rotatable bonds is 2. The highest BCUT2D eigenvalue weighted by Crippen LogP contribution is 2.47. The molecule has 0 amide bonds. The van der Waals surface area contributed by atoms with Crippen LogP contribution >= 0.6 is 0 Å². The molecule has 1 fully saturated rings. The van der Waals surface area contributed by atoms with Crippen LogP contribution in [-0.2, 0) is 7.05 Å². The number of fused-ring (bicyclic) bond motifs is 3. The number of aliphatic hydroxyl groups is 1. The number of anilines is 1.